The molecule has 1 aromatic carbocycles. The third-order valence-corrected chi connectivity index (χ3v) is 5.57. The van der Waals surface area contributed by atoms with Crippen molar-refractivity contribution >= 4 is 30.5 Å². The molecular formula is C25H39N3O4S. The summed E-state index contributed by atoms with van der Waals surface area (Å²) in [7, 11) is 0. The fourth-order valence-corrected chi connectivity index (χ4v) is 4.03. The molecule has 1 saturated carbocycles. The van der Waals surface area contributed by atoms with Crippen LogP contribution in [0.5, 0.6) is 0 Å². The van der Waals surface area contributed by atoms with Crippen molar-refractivity contribution in [1.82, 2.24) is 15.5 Å². The van der Waals surface area contributed by atoms with E-state index in [-0.39, 0.29) is 23.6 Å². The molecule has 1 aliphatic rings. The summed E-state index contributed by atoms with van der Waals surface area (Å²) in [6, 6.07) is 4.03. The first kappa shape index (κ1) is 27.0. The Labute approximate surface area is 203 Å². The van der Waals surface area contributed by atoms with Gasteiger partial charge in [-0.05, 0) is 84.9 Å². The van der Waals surface area contributed by atoms with Crippen LogP contribution in [-0.4, -0.2) is 51.8 Å². The third-order valence-electron chi connectivity index (χ3n) is 5.21. The van der Waals surface area contributed by atoms with E-state index in [1.54, 1.807) is 25.7 Å². The van der Waals surface area contributed by atoms with Crippen molar-refractivity contribution < 1.29 is 19.1 Å². The van der Waals surface area contributed by atoms with Gasteiger partial charge >= 0.3 is 6.09 Å². The van der Waals surface area contributed by atoms with Crippen LogP contribution in [0.25, 0.3) is 0 Å². The number of benzene rings is 1. The molecular weight excluding hydrogens is 438 g/mol. The zero-order valence-corrected chi connectivity index (χ0v) is 22.0. The average Bonchev–Trinajstić information content (AvgIpc) is 3.46. The first-order valence-electron chi connectivity index (χ1n) is 11.5. The summed E-state index contributed by atoms with van der Waals surface area (Å²) in [5.74, 6) is -0.493. The average molecular weight is 478 g/mol. The number of ether oxygens (including phenoxy) is 1. The lowest BCUT2D eigenvalue weighted by molar-refractivity contribution is -0.143. The number of amides is 3. The number of aryl methyl sites for hydroxylation is 2. The van der Waals surface area contributed by atoms with Crippen LogP contribution in [0.15, 0.2) is 18.2 Å². The lowest BCUT2D eigenvalue weighted by atomic mass is 9.93. The molecule has 2 rings (SSSR count). The molecule has 2 atom stereocenters. The predicted octanol–water partition coefficient (Wildman–Crippen LogP) is 4.07. The summed E-state index contributed by atoms with van der Waals surface area (Å²) in [5, 5.41) is 5.70. The molecule has 1 aliphatic carbocycles. The highest BCUT2D eigenvalue weighted by molar-refractivity contribution is 7.80. The summed E-state index contributed by atoms with van der Waals surface area (Å²) in [6.45, 7) is 14.9. The van der Waals surface area contributed by atoms with E-state index >= 15 is 0 Å². The van der Waals surface area contributed by atoms with Gasteiger partial charge in [-0.3, -0.25) is 9.59 Å². The van der Waals surface area contributed by atoms with Gasteiger partial charge in [-0.15, -0.1) is 0 Å². The zero-order valence-electron chi connectivity index (χ0n) is 21.1. The number of thiol groups is 1. The van der Waals surface area contributed by atoms with Gasteiger partial charge in [0, 0.05) is 17.3 Å². The lowest BCUT2D eigenvalue weighted by Crippen LogP contribution is -2.56. The molecule has 184 valence electrons. The summed E-state index contributed by atoms with van der Waals surface area (Å²) >= 11 is 4.32. The standard InChI is InChI=1S/C25H39N3O4S/c1-15-10-9-11-16(2)19(15)20(21(29)27-24(3,4)5)28(17-12-13-17)22(30)18(14-33)26-23(31)32-25(6,7)8/h9-11,17-18,20,33H,12-14H2,1-8H3,(H,26,31)(H,27,29). The van der Waals surface area contributed by atoms with Crippen LogP contribution in [0, 0.1) is 13.8 Å². The predicted molar refractivity (Wildman–Crippen MR) is 133 cm³/mol. The minimum atomic E-state index is -0.918. The van der Waals surface area contributed by atoms with E-state index < -0.39 is 29.3 Å². The molecule has 1 aromatic rings. The summed E-state index contributed by atoms with van der Waals surface area (Å²) < 4.78 is 5.34. The van der Waals surface area contributed by atoms with Gasteiger partial charge < -0.3 is 20.3 Å². The van der Waals surface area contributed by atoms with Crippen molar-refractivity contribution in [3.05, 3.63) is 34.9 Å². The fraction of sp³-hybridized carbons (Fsp3) is 0.640. The maximum absolute atomic E-state index is 13.8. The van der Waals surface area contributed by atoms with Crippen LogP contribution in [0.1, 0.15) is 77.1 Å². The number of nitrogens with zero attached hydrogens (tertiary/aromatic N) is 1. The minimum Gasteiger partial charge on any atom is -0.444 e. The Kier molecular flexibility index (Phi) is 8.49. The number of carbonyl (C=O) groups is 3. The van der Waals surface area contributed by atoms with E-state index in [1.165, 1.54) is 0 Å². The first-order chi connectivity index (χ1) is 15.1. The maximum Gasteiger partial charge on any atom is 0.408 e. The Hall–Kier alpha value is -2.22. The minimum absolute atomic E-state index is 0.0740. The second-order valence-electron chi connectivity index (χ2n) is 10.8. The molecule has 0 aliphatic heterocycles. The molecule has 0 saturated heterocycles. The Balaban J connectivity index is 2.47. The molecule has 3 amide bonds. The fourth-order valence-electron chi connectivity index (χ4n) is 3.78. The highest BCUT2D eigenvalue weighted by Crippen LogP contribution is 2.38. The number of carbonyl (C=O) groups excluding carboxylic acids is 3. The van der Waals surface area contributed by atoms with E-state index in [1.807, 2.05) is 52.8 Å². The first-order valence-corrected chi connectivity index (χ1v) is 12.1. The molecule has 1 fully saturated rings. The number of hydrogen-bond acceptors (Lipinski definition) is 5. The van der Waals surface area contributed by atoms with Gasteiger partial charge in [0.15, 0.2) is 0 Å². The van der Waals surface area contributed by atoms with Gasteiger partial charge in [-0.1, -0.05) is 18.2 Å². The Morgan fingerprint density at radius 1 is 1.09 bits per heavy atom. The summed E-state index contributed by atoms with van der Waals surface area (Å²) in [4.78, 5) is 41.5. The quantitative estimate of drug-likeness (QED) is 0.517. The van der Waals surface area contributed by atoms with Gasteiger partial charge in [0.2, 0.25) is 11.8 Å². The zero-order chi connectivity index (χ0) is 25.1. The van der Waals surface area contributed by atoms with Crippen LogP contribution in [0.2, 0.25) is 0 Å². The van der Waals surface area contributed by atoms with E-state index in [4.69, 9.17) is 4.74 Å². The number of rotatable bonds is 7. The van der Waals surface area contributed by atoms with Gasteiger partial charge in [-0.25, -0.2) is 4.79 Å². The molecule has 0 bridgehead atoms. The van der Waals surface area contributed by atoms with Gasteiger partial charge in [0.25, 0.3) is 0 Å². The largest absolute Gasteiger partial charge is 0.444 e. The van der Waals surface area contributed by atoms with Crippen molar-refractivity contribution in [2.75, 3.05) is 5.75 Å². The summed E-state index contributed by atoms with van der Waals surface area (Å²) in [5.41, 5.74) is 1.52. The molecule has 0 heterocycles. The Bertz CT molecular complexity index is 864. The van der Waals surface area contributed by atoms with Crippen LogP contribution >= 0.6 is 12.6 Å². The Morgan fingerprint density at radius 2 is 1.64 bits per heavy atom. The van der Waals surface area contributed by atoms with Gasteiger partial charge in [-0.2, -0.15) is 12.6 Å². The van der Waals surface area contributed by atoms with Crippen molar-refractivity contribution in [3.63, 3.8) is 0 Å². The van der Waals surface area contributed by atoms with Crippen molar-refractivity contribution in [1.29, 1.82) is 0 Å². The Morgan fingerprint density at radius 3 is 2.06 bits per heavy atom. The molecule has 0 aromatic heterocycles. The normalized spacial score (nSPS) is 15.9. The highest BCUT2D eigenvalue weighted by Gasteiger charge is 2.45. The van der Waals surface area contributed by atoms with Crippen molar-refractivity contribution in [3.8, 4) is 0 Å². The maximum atomic E-state index is 13.8. The molecule has 7 nitrogen and oxygen atoms in total. The van der Waals surface area contributed by atoms with E-state index in [9.17, 15) is 14.4 Å². The second-order valence-corrected chi connectivity index (χ2v) is 11.2. The van der Waals surface area contributed by atoms with Crippen LogP contribution < -0.4 is 10.6 Å². The van der Waals surface area contributed by atoms with Crippen molar-refractivity contribution in [2.24, 2.45) is 0 Å². The van der Waals surface area contributed by atoms with E-state index in [2.05, 4.69) is 23.3 Å². The molecule has 2 unspecified atom stereocenters. The smallest absolute Gasteiger partial charge is 0.408 e. The number of hydrogen-bond donors (Lipinski definition) is 3. The number of nitrogens with one attached hydrogen (secondary N) is 2. The van der Waals surface area contributed by atoms with Gasteiger partial charge in [0.05, 0.1) is 0 Å². The molecule has 0 radical (unpaired) electrons. The lowest BCUT2D eigenvalue weighted by Gasteiger charge is -2.37. The molecule has 0 spiro atoms. The van der Waals surface area contributed by atoms with E-state index in [0.717, 1.165) is 29.5 Å². The molecule has 2 N–H and O–H groups in total. The second kappa shape index (κ2) is 10.4. The van der Waals surface area contributed by atoms with Crippen LogP contribution in [0.4, 0.5) is 4.79 Å². The SMILES string of the molecule is Cc1cccc(C)c1C(C(=O)NC(C)(C)C)N(C(=O)C(CS)NC(=O)OC(C)(C)C)C1CC1. The monoisotopic (exact) mass is 477 g/mol. The van der Waals surface area contributed by atoms with Crippen LogP contribution in [0.3, 0.4) is 0 Å². The number of alkyl carbamates (subject to hydrolysis) is 1. The third kappa shape index (κ3) is 7.66. The molecule has 8 heteroatoms. The topological polar surface area (TPSA) is 87.7 Å². The van der Waals surface area contributed by atoms with E-state index in [0.29, 0.717) is 0 Å². The van der Waals surface area contributed by atoms with Gasteiger partial charge in [0.1, 0.15) is 17.7 Å². The summed E-state index contributed by atoms with van der Waals surface area (Å²) in [6.07, 6.45) is 0.928. The van der Waals surface area contributed by atoms with Crippen molar-refractivity contribution in [2.45, 2.75) is 97.5 Å². The molecule has 33 heavy (non-hydrogen) atoms. The van der Waals surface area contributed by atoms with Crippen LogP contribution in [-0.2, 0) is 14.3 Å². The highest BCUT2D eigenvalue weighted by atomic mass is 32.1.